The molecule has 126 valence electrons. The lowest BCUT2D eigenvalue weighted by Crippen LogP contribution is -2.49. The predicted molar refractivity (Wildman–Crippen MR) is 93.7 cm³/mol. The number of urea groups is 1. The van der Waals surface area contributed by atoms with E-state index in [0.717, 1.165) is 19.6 Å². The smallest absolute Gasteiger partial charge is 0.323 e. The van der Waals surface area contributed by atoms with E-state index in [-0.39, 0.29) is 6.03 Å². The fourth-order valence-corrected chi connectivity index (χ4v) is 2.65. The van der Waals surface area contributed by atoms with Gasteiger partial charge in [-0.1, -0.05) is 47.6 Å². The maximum atomic E-state index is 12.2. The van der Waals surface area contributed by atoms with Crippen LogP contribution in [0.3, 0.4) is 0 Å². The number of benzene rings is 1. The lowest BCUT2D eigenvalue weighted by molar-refractivity contribution is 0.155. The lowest BCUT2D eigenvalue weighted by atomic mass is 10.2. The molecule has 6 heteroatoms. The molecule has 1 saturated heterocycles. The third-order valence-corrected chi connectivity index (χ3v) is 4.00. The number of nitrogens with zero attached hydrogens (tertiary/aromatic N) is 3. The van der Waals surface area contributed by atoms with Crippen LogP contribution in [0.5, 0.6) is 0 Å². The number of nitrogens with one attached hydrogen (secondary N) is 1. The topological polar surface area (TPSA) is 61.6 Å². The van der Waals surface area contributed by atoms with Crippen LogP contribution in [-0.4, -0.2) is 53.7 Å². The number of aromatic nitrogens is 1. The molecule has 1 aliphatic heterocycles. The minimum absolute atomic E-state index is 0.122. The van der Waals surface area contributed by atoms with Crippen LogP contribution in [0.25, 0.3) is 6.08 Å². The third-order valence-electron chi connectivity index (χ3n) is 4.00. The molecule has 24 heavy (non-hydrogen) atoms. The summed E-state index contributed by atoms with van der Waals surface area (Å²) in [4.78, 5) is 16.3. The molecule has 0 saturated carbocycles. The molecule has 0 spiro atoms. The van der Waals surface area contributed by atoms with E-state index in [1.54, 1.807) is 17.9 Å². The van der Waals surface area contributed by atoms with E-state index in [1.807, 2.05) is 18.2 Å². The van der Waals surface area contributed by atoms with Gasteiger partial charge in [-0.15, -0.1) is 0 Å². The quantitative estimate of drug-likeness (QED) is 0.938. The summed E-state index contributed by atoms with van der Waals surface area (Å²) in [5.41, 5.74) is 1.21. The monoisotopic (exact) mass is 326 g/mol. The zero-order valence-electron chi connectivity index (χ0n) is 13.8. The molecule has 1 fully saturated rings. The van der Waals surface area contributed by atoms with E-state index in [2.05, 4.69) is 39.7 Å². The Morgan fingerprint density at radius 3 is 2.67 bits per heavy atom. The predicted octanol–water partition coefficient (Wildman–Crippen LogP) is 2.85. The summed E-state index contributed by atoms with van der Waals surface area (Å²) in [7, 11) is 0. The Bertz CT molecular complexity index is 688. The molecule has 3 rings (SSSR count). The molecule has 2 amide bonds. The number of piperazine rings is 1. The molecule has 1 aliphatic rings. The van der Waals surface area contributed by atoms with Gasteiger partial charge in [0, 0.05) is 38.8 Å². The highest BCUT2D eigenvalue weighted by Gasteiger charge is 2.21. The maximum Gasteiger partial charge on any atom is 0.323 e. The molecule has 0 bridgehead atoms. The number of aryl methyl sites for hydroxylation is 1. The van der Waals surface area contributed by atoms with Crippen molar-refractivity contribution in [1.82, 2.24) is 15.0 Å². The zero-order chi connectivity index (χ0) is 16.8. The van der Waals surface area contributed by atoms with Crippen LogP contribution in [0.2, 0.25) is 0 Å². The number of carbonyl (C=O) groups is 1. The highest BCUT2D eigenvalue weighted by Crippen LogP contribution is 2.10. The molecule has 0 atom stereocenters. The van der Waals surface area contributed by atoms with Crippen molar-refractivity contribution >= 4 is 17.9 Å². The van der Waals surface area contributed by atoms with Crippen molar-refractivity contribution < 1.29 is 9.32 Å². The van der Waals surface area contributed by atoms with Gasteiger partial charge >= 0.3 is 6.03 Å². The summed E-state index contributed by atoms with van der Waals surface area (Å²) in [6.45, 7) is 5.84. The normalized spacial score (nSPS) is 15.8. The van der Waals surface area contributed by atoms with Gasteiger partial charge in [0.15, 0.2) is 5.82 Å². The SMILES string of the molecule is Cc1cc(NC(=O)N2CCN(CC=Cc3ccccc3)CC2)no1. The first-order valence-corrected chi connectivity index (χ1v) is 8.14. The van der Waals surface area contributed by atoms with Crippen molar-refractivity contribution in [3.05, 3.63) is 53.8 Å². The summed E-state index contributed by atoms with van der Waals surface area (Å²) in [5, 5.41) is 6.54. The third kappa shape index (κ3) is 4.45. The van der Waals surface area contributed by atoms with Crippen LogP contribution in [0.4, 0.5) is 10.6 Å². The van der Waals surface area contributed by atoms with E-state index >= 15 is 0 Å². The molecule has 2 aromatic rings. The molecule has 0 radical (unpaired) electrons. The van der Waals surface area contributed by atoms with Crippen molar-refractivity contribution in [3.63, 3.8) is 0 Å². The van der Waals surface area contributed by atoms with Crippen molar-refractivity contribution in [1.29, 1.82) is 0 Å². The highest BCUT2D eigenvalue weighted by molar-refractivity contribution is 5.88. The molecule has 0 aliphatic carbocycles. The fraction of sp³-hybridized carbons (Fsp3) is 0.333. The Hall–Kier alpha value is -2.60. The van der Waals surface area contributed by atoms with Crippen LogP contribution >= 0.6 is 0 Å². The first-order valence-electron chi connectivity index (χ1n) is 8.14. The number of carbonyl (C=O) groups excluding carboxylic acids is 1. The van der Waals surface area contributed by atoms with Gasteiger partial charge in [0.2, 0.25) is 0 Å². The van der Waals surface area contributed by atoms with Gasteiger partial charge < -0.3 is 9.42 Å². The Kier molecular flexibility index (Phi) is 5.28. The number of anilines is 1. The fourth-order valence-electron chi connectivity index (χ4n) is 2.65. The molecule has 0 unspecified atom stereocenters. The number of rotatable bonds is 4. The number of hydrogen-bond donors (Lipinski definition) is 1. The first-order chi connectivity index (χ1) is 11.7. The Morgan fingerprint density at radius 1 is 1.25 bits per heavy atom. The maximum absolute atomic E-state index is 12.2. The molecular formula is C18H22N4O2. The molecule has 1 aromatic carbocycles. The largest absolute Gasteiger partial charge is 0.360 e. The lowest BCUT2D eigenvalue weighted by Gasteiger charge is -2.33. The van der Waals surface area contributed by atoms with Gasteiger partial charge in [-0.3, -0.25) is 10.2 Å². The first kappa shape index (κ1) is 16.3. The second-order valence-corrected chi connectivity index (χ2v) is 5.85. The zero-order valence-corrected chi connectivity index (χ0v) is 13.8. The van der Waals surface area contributed by atoms with Crippen LogP contribution in [0, 0.1) is 6.92 Å². The van der Waals surface area contributed by atoms with Gasteiger partial charge in [-0.2, -0.15) is 0 Å². The molecule has 6 nitrogen and oxygen atoms in total. The molecular weight excluding hydrogens is 304 g/mol. The van der Waals surface area contributed by atoms with Gasteiger partial charge in [-0.05, 0) is 12.5 Å². The molecule has 2 heterocycles. The van der Waals surface area contributed by atoms with Crippen molar-refractivity contribution in [3.8, 4) is 0 Å². The van der Waals surface area contributed by atoms with Gasteiger partial charge in [0.1, 0.15) is 5.76 Å². The average molecular weight is 326 g/mol. The Labute approximate surface area is 141 Å². The standard InChI is InChI=1S/C18H22N4O2/c1-15-14-17(20-24-15)19-18(23)22-12-10-21(11-13-22)9-5-8-16-6-3-2-4-7-16/h2-8,14H,9-13H2,1H3,(H,19,20,23). The van der Waals surface area contributed by atoms with Crippen LogP contribution in [0.15, 0.2) is 47.0 Å². The van der Waals surface area contributed by atoms with Crippen molar-refractivity contribution in [2.24, 2.45) is 0 Å². The van der Waals surface area contributed by atoms with Gasteiger partial charge in [0.05, 0.1) is 0 Å². The van der Waals surface area contributed by atoms with E-state index in [1.165, 1.54) is 5.56 Å². The number of amides is 2. The molecule has 1 aromatic heterocycles. The van der Waals surface area contributed by atoms with E-state index < -0.39 is 0 Å². The summed E-state index contributed by atoms with van der Waals surface area (Å²) in [6.07, 6.45) is 4.30. The second kappa shape index (κ2) is 7.79. The second-order valence-electron chi connectivity index (χ2n) is 5.85. The Balaban J connectivity index is 1.42. The van der Waals surface area contributed by atoms with Gasteiger partial charge in [0.25, 0.3) is 0 Å². The average Bonchev–Trinajstić information content (AvgIpc) is 3.01. The van der Waals surface area contributed by atoms with E-state index in [9.17, 15) is 4.79 Å². The van der Waals surface area contributed by atoms with Crippen LogP contribution < -0.4 is 5.32 Å². The summed E-state index contributed by atoms with van der Waals surface area (Å²) in [6, 6.07) is 11.8. The van der Waals surface area contributed by atoms with Crippen LogP contribution in [0.1, 0.15) is 11.3 Å². The van der Waals surface area contributed by atoms with E-state index in [4.69, 9.17) is 4.52 Å². The van der Waals surface area contributed by atoms with Gasteiger partial charge in [-0.25, -0.2) is 4.79 Å². The Morgan fingerprint density at radius 2 is 2.00 bits per heavy atom. The van der Waals surface area contributed by atoms with Crippen molar-refractivity contribution in [2.75, 3.05) is 38.0 Å². The van der Waals surface area contributed by atoms with Crippen LogP contribution in [-0.2, 0) is 0 Å². The highest BCUT2D eigenvalue weighted by atomic mass is 16.5. The summed E-state index contributed by atoms with van der Waals surface area (Å²) >= 11 is 0. The summed E-state index contributed by atoms with van der Waals surface area (Å²) in [5.74, 6) is 1.14. The van der Waals surface area contributed by atoms with E-state index in [0.29, 0.717) is 24.7 Å². The number of hydrogen-bond acceptors (Lipinski definition) is 4. The minimum atomic E-state index is -0.122. The van der Waals surface area contributed by atoms with Crippen molar-refractivity contribution in [2.45, 2.75) is 6.92 Å². The molecule has 1 N–H and O–H groups in total. The summed E-state index contributed by atoms with van der Waals surface area (Å²) < 4.78 is 4.95. The minimum Gasteiger partial charge on any atom is -0.360 e.